The van der Waals surface area contributed by atoms with Crippen LogP contribution in [0.1, 0.15) is 97.3 Å². The molecule has 0 radical (unpaired) electrons. The standard InChI is InChI=1S/C40H63NO7/c1-6-8-10-12-14-16-17-18-19-20-21-23-24-26-28-30-38(42)47-35-36(34-46-33-32-37(40(44)45)41(3,4)5)48-39(43)31-29-27-25-22-15-13-11-9-7-2/h8-12,14-22,36-37H,6-7,13,23-35H2,1-5H3/b10-8+,11-9+,14-12+,17-16+,19-18+,21-20+,22-15+. The molecule has 0 aromatic rings. The number of unbranched alkanes of at least 4 members (excludes halogenated alkanes) is 5. The predicted molar refractivity (Wildman–Crippen MR) is 194 cm³/mol. The molecule has 0 fully saturated rings. The molecule has 2 atom stereocenters. The molecule has 0 heterocycles. The fourth-order valence-electron chi connectivity index (χ4n) is 4.42. The zero-order valence-electron chi connectivity index (χ0n) is 30.4. The molecule has 8 nitrogen and oxygen atoms in total. The van der Waals surface area contributed by atoms with Crippen LogP contribution in [-0.4, -0.2) is 75.5 Å². The quantitative estimate of drug-likeness (QED) is 0.0271. The number of ether oxygens (including phenoxy) is 3. The maximum atomic E-state index is 12.5. The molecule has 2 unspecified atom stereocenters. The van der Waals surface area contributed by atoms with Crippen LogP contribution < -0.4 is 5.11 Å². The summed E-state index contributed by atoms with van der Waals surface area (Å²) >= 11 is 0. The van der Waals surface area contributed by atoms with Crippen LogP contribution >= 0.6 is 0 Å². The number of carbonyl (C=O) groups excluding carboxylic acids is 3. The molecule has 0 aromatic carbocycles. The van der Waals surface area contributed by atoms with Gasteiger partial charge >= 0.3 is 11.9 Å². The van der Waals surface area contributed by atoms with Crippen LogP contribution in [0.25, 0.3) is 0 Å². The first-order chi connectivity index (χ1) is 23.1. The SMILES string of the molecule is CC/C=C/C=C/C=C/C=C/C=C/CCCCCC(=O)OCC(COCCC(C(=O)[O-])[N+](C)(C)C)OC(=O)CCCC/C=C/C/C=C/CC. The van der Waals surface area contributed by atoms with Crippen LogP contribution in [0.15, 0.2) is 85.1 Å². The van der Waals surface area contributed by atoms with Gasteiger partial charge in [0.1, 0.15) is 12.6 Å². The van der Waals surface area contributed by atoms with Crippen molar-refractivity contribution >= 4 is 17.9 Å². The lowest BCUT2D eigenvalue weighted by molar-refractivity contribution is -0.889. The second-order valence-corrected chi connectivity index (χ2v) is 12.5. The number of likely N-dealkylation sites (N-methyl/N-ethyl adjacent to an activating group) is 1. The van der Waals surface area contributed by atoms with Crippen molar-refractivity contribution < 1.29 is 38.2 Å². The van der Waals surface area contributed by atoms with Gasteiger partial charge in [-0.25, -0.2) is 0 Å². The average Bonchev–Trinajstić information content (AvgIpc) is 3.03. The van der Waals surface area contributed by atoms with Crippen LogP contribution in [0, 0.1) is 0 Å². The third-order valence-electron chi connectivity index (χ3n) is 7.16. The molecule has 8 heteroatoms. The van der Waals surface area contributed by atoms with E-state index in [1.54, 1.807) is 21.1 Å². The number of rotatable bonds is 29. The largest absolute Gasteiger partial charge is 0.544 e. The number of carboxylic acid groups (broad SMARTS) is 1. The number of allylic oxidation sites excluding steroid dienone is 14. The predicted octanol–water partition coefficient (Wildman–Crippen LogP) is 7.29. The Morgan fingerprint density at radius 1 is 0.646 bits per heavy atom. The molecule has 0 N–H and O–H groups in total. The van der Waals surface area contributed by atoms with Crippen molar-refractivity contribution in [3.05, 3.63) is 85.1 Å². The number of aliphatic carboxylic acids is 1. The van der Waals surface area contributed by atoms with E-state index in [1.165, 1.54) is 0 Å². The number of quaternary nitrogens is 1. The molecule has 0 saturated heterocycles. The topological polar surface area (TPSA) is 102 Å². The van der Waals surface area contributed by atoms with E-state index in [1.807, 2.05) is 48.6 Å². The highest BCUT2D eigenvalue weighted by Crippen LogP contribution is 2.10. The molecule has 0 aromatic heterocycles. The van der Waals surface area contributed by atoms with Gasteiger partial charge in [0.25, 0.3) is 0 Å². The molecule has 0 amide bonds. The van der Waals surface area contributed by atoms with Gasteiger partial charge in [-0.05, 0) is 57.8 Å². The fourth-order valence-corrected chi connectivity index (χ4v) is 4.42. The highest BCUT2D eigenvalue weighted by Gasteiger charge is 2.25. The minimum atomic E-state index is -1.14. The van der Waals surface area contributed by atoms with E-state index in [2.05, 4.69) is 50.3 Å². The van der Waals surface area contributed by atoms with E-state index in [-0.39, 0.29) is 55.5 Å². The summed E-state index contributed by atoms with van der Waals surface area (Å²) in [6.45, 7) is 4.26. The molecule has 0 aliphatic rings. The first-order valence-corrected chi connectivity index (χ1v) is 17.7. The number of hydrogen-bond acceptors (Lipinski definition) is 7. The molecule has 0 bridgehead atoms. The third-order valence-corrected chi connectivity index (χ3v) is 7.16. The van der Waals surface area contributed by atoms with Gasteiger partial charge in [-0.1, -0.05) is 105 Å². The van der Waals surface area contributed by atoms with E-state index < -0.39 is 18.1 Å². The number of hydrogen-bond donors (Lipinski definition) is 0. The van der Waals surface area contributed by atoms with Crippen LogP contribution in [0.3, 0.4) is 0 Å². The van der Waals surface area contributed by atoms with Crippen LogP contribution in [0.5, 0.6) is 0 Å². The summed E-state index contributed by atoms with van der Waals surface area (Å²) in [5.74, 6) is -1.86. The van der Waals surface area contributed by atoms with Crippen LogP contribution in [0.2, 0.25) is 0 Å². The fraction of sp³-hybridized carbons (Fsp3) is 0.575. The summed E-state index contributed by atoms with van der Waals surface area (Å²) < 4.78 is 16.9. The van der Waals surface area contributed by atoms with E-state index >= 15 is 0 Å². The van der Waals surface area contributed by atoms with Gasteiger partial charge in [-0.15, -0.1) is 0 Å². The lowest BCUT2D eigenvalue weighted by Crippen LogP contribution is -2.55. The Labute approximate surface area is 291 Å². The lowest BCUT2D eigenvalue weighted by atomic mass is 10.1. The maximum Gasteiger partial charge on any atom is 0.306 e. The molecular formula is C40H63NO7. The summed E-state index contributed by atoms with van der Waals surface area (Å²) in [7, 11) is 5.35. The molecule has 0 aliphatic heterocycles. The van der Waals surface area contributed by atoms with Crippen molar-refractivity contribution in [3.63, 3.8) is 0 Å². The number of nitrogens with zero attached hydrogens (tertiary/aromatic N) is 1. The first-order valence-electron chi connectivity index (χ1n) is 17.7. The van der Waals surface area contributed by atoms with Gasteiger partial charge in [0, 0.05) is 19.3 Å². The summed E-state index contributed by atoms with van der Waals surface area (Å²) in [6, 6.07) is -0.740. The van der Waals surface area contributed by atoms with Gasteiger partial charge < -0.3 is 28.6 Å². The zero-order valence-corrected chi connectivity index (χ0v) is 30.4. The minimum absolute atomic E-state index is 0.00746. The van der Waals surface area contributed by atoms with Gasteiger partial charge in [-0.3, -0.25) is 9.59 Å². The Morgan fingerprint density at radius 3 is 1.85 bits per heavy atom. The van der Waals surface area contributed by atoms with Crippen molar-refractivity contribution in [1.29, 1.82) is 0 Å². The Bertz CT molecular complexity index is 1060. The number of carboxylic acids is 1. The summed E-state index contributed by atoms with van der Waals surface area (Å²) in [6.07, 6.45) is 37.7. The Balaban J connectivity index is 4.58. The van der Waals surface area contributed by atoms with Crippen molar-refractivity contribution in [2.24, 2.45) is 0 Å². The number of carbonyl (C=O) groups is 3. The minimum Gasteiger partial charge on any atom is -0.544 e. The molecule has 0 rings (SSSR count). The smallest absolute Gasteiger partial charge is 0.306 e. The second kappa shape index (κ2) is 30.8. The molecule has 0 aliphatic carbocycles. The molecule has 270 valence electrons. The zero-order chi connectivity index (χ0) is 35.7. The Hall–Kier alpha value is -3.49. The summed E-state index contributed by atoms with van der Waals surface area (Å²) in [4.78, 5) is 36.5. The van der Waals surface area contributed by atoms with Gasteiger partial charge in [0.05, 0.1) is 40.3 Å². The van der Waals surface area contributed by atoms with Crippen molar-refractivity contribution in [2.75, 3.05) is 41.0 Å². The van der Waals surface area contributed by atoms with E-state index in [9.17, 15) is 19.5 Å². The maximum absolute atomic E-state index is 12.5. The van der Waals surface area contributed by atoms with Gasteiger partial charge in [0.2, 0.25) is 0 Å². The van der Waals surface area contributed by atoms with E-state index in [4.69, 9.17) is 14.2 Å². The van der Waals surface area contributed by atoms with Crippen LogP contribution in [0.4, 0.5) is 0 Å². The van der Waals surface area contributed by atoms with Gasteiger partial charge in [-0.2, -0.15) is 0 Å². The second-order valence-electron chi connectivity index (χ2n) is 12.5. The highest BCUT2D eigenvalue weighted by molar-refractivity contribution is 5.70. The normalized spacial score (nSPS) is 14.1. The highest BCUT2D eigenvalue weighted by atomic mass is 16.6. The van der Waals surface area contributed by atoms with E-state index in [0.29, 0.717) is 12.8 Å². The Morgan fingerprint density at radius 2 is 1.21 bits per heavy atom. The van der Waals surface area contributed by atoms with Crippen molar-refractivity contribution in [2.45, 2.75) is 109 Å². The Kier molecular flexibility index (Phi) is 28.6. The molecular weight excluding hydrogens is 606 g/mol. The van der Waals surface area contributed by atoms with Crippen molar-refractivity contribution in [1.82, 2.24) is 0 Å². The summed E-state index contributed by atoms with van der Waals surface area (Å²) in [5.41, 5.74) is 0. The molecule has 0 saturated carbocycles. The molecule has 48 heavy (non-hydrogen) atoms. The lowest BCUT2D eigenvalue weighted by Gasteiger charge is -2.34. The third kappa shape index (κ3) is 28.7. The van der Waals surface area contributed by atoms with E-state index in [0.717, 1.165) is 51.4 Å². The first kappa shape index (κ1) is 44.5. The summed E-state index contributed by atoms with van der Waals surface area (Å²) in [5, 5.41) is 11.5. The van der Waals surface area contributed by atoms with Crippen molar-refractivity contribution in [3.8, 4) is 0 Å². The molecule has 0 spiro atoms. The van der Waals surface area contributed by atoms with Gasteiger partial charge in [0.15, 0.2) is 6.10 Å². The average molecular weight is 670 g/mol. The number of esters is 2. The monoisotopic (exact) mass is 669 g/mol. The van der Waals surface area contributed by atoms with Crippen LogP contribution in [-0.2, 0) is 28.6 Å².